The van der Waals surface area contributed by atoms with Crippen molar-refractivity contribution in [3.8, 4) is 0 Å². The van der Waals surface area contributed by atoms with Gasteiger partial charge in [-0.2, -0.15) is 0 Å². The summed E-state index contributed by atoms with van der Waals surface area (Å²) in [5.74, 6) is 0. The first-order valence-corrected chi connectivity index (χ1v) is 8.17. The minimum atomic E-state index is 0.198. The van der Waals surface area contributed by atoms with Crippen LogP contribution in [0.25, 0.3) is 4.96 Å². The first-order valence-electron chi connectivity index (χ1n) is 6.98. The molecule has 1 unspecified atom stereocenters. The van der Waals surface area contributed by atoms with Crippen molar-refractivity contribution >= 4 is 27.9 Å². The van der Waals surface area contributed by atoms with Crippen LogP contribution in [0.5, 0.6) is 0 Å². The molecule has 1 N–H and O–H groups in total. The molecule has 0 amide bonds. The largest absolute Gasteiger partial charge is 0.305 e. The van der Waals surface area contributed by atoms with Gasteiger partial charge in [0.15, 0.2) is 4.96 Å². The summed E-state index contributed by atoms with van der Waals surface area (Å²) in [7, 11) is 0. The van der Waals surface area contributed by atoms with E-state index in [1.807, 2.05) is 18.2 Å². The molecule has 0 spiro atoms. The third-order valence-corrected chi connectivity index (χ3v) is 4.93. The lowest BCUT2D eigenvalue weighted by molar-refractivity contribution is 0.564. The normalized spacial score (nSPS) is 13.0. The quantitative estimate of drug-likeness (QED) is 0.766. The van der Waals surface area contributed by atoms with Crippen LogP contribution in [0.15, 0.2) is 30.5 Å². The molecule has 0 saturated heterocycles. The lowest BCUT2D eigenvalue weighted by atomic mass is 10.1. The number of imidazole rings is 1. The fraction of sp³-hybridized carbons (Fsp3) is 0.312. The van der Waals surface area contributed by atoms with Crippen LogP contribution in [-0.4, -0.2) is 9.38 Å². The average molecular weight is 320 g/mol. The lowest BCUT2D eigenvalue weighted by Crippen LogP contribution is -2.19. The molecule has 3 rings (SSSR count). The van der Waals surface area contributed by atoms with E-state index in [9.17, 15) is 0 Å². The number of benzene rings is 1. The molecule has 3 nitrogen and oxygen atoms in total. The highest BCUT2D eigenvalue weighted by atomic mass is 35.5. The van der Waals surface area contributed by atoms with E-state index in [0.717, 1.165) is 27.8 Å². The van der Waals surface area contributed by atoms with E-state index in [1.54, 1.807) is 11.3 Å². The van der Waals surface area contributed by atoms with Crippen molar-refractivity contribution in [1.29, 1.82) is 0 Å². The number of fused-ring (bicyclic) bond motifs is 1. The molecule has 1 atom stereocenters. The summed E-state index contributed by atoms with van der Waals surface area (Å²) in [5, 5.41) is 4.35. The summed E-state index contributed by atoms with van der Waals surface area (Å²) in [5.41, 5.74) is 3.42. The van der Waals surface area contributed by atoms with E-state index >= 15 is 0 Å². The van der Waals surface area contributed by atoms with Crippen LogP contribution in [0.2, 0.25) is 5.02 Å². The Kier molecular flexibility index (Phi) is 4.02. The third kappa shape index (κ3) is 2.84. The van der Waals surface area contributed by atoms with Gasteiger partial charge in [0.25, 0.3) is 0 Å². The Hall–Kier alpha value is -1.36. The summed E-state index contributed by atoms with van der Waals surface area (Å²) >= 11 is 7.98. The maximum absolute atomic E-state index is 6.25. The summed E-state index contributed by atoms with van der Waals surface area (Å²) in [4.78, 5) is 6.96. The minimum absolute atomic E-state index is 0.198. The Labute approximate surface area is 133 Å². The van der Waals surface area contributed by atoms with Gasteiger partial charge in [-0.05, 0) is 32.4 Å². The van der Waals surface area contributed by atoms with Crippen molar-refractivity contribution in [3.63, 3.8) is 0 Å². The van der Waals surface area contributed by atoms with Crippen molar-refractivity contribution in [2.45, 2.75) is 33.4 Å². The fourth-order valence-electron chi connectivity index (χ4n) is 2.51. The zero-order valence-electron chi connectivity index (χ0n) is 12.4. The number of thiazole rings is 1. The van der Waals surface area contributed by atoms with E-state index in [2.05, 4.69) is 47.7 Å². The third-order valence-electron chi connectivity index (χ3n) is 3.69. The highest BCUT2D eigenvalue weighted by Crippen LogP contribution is 2.24. The van der Waals surface area contributed by atoms with E-state index in [4.69, 9.17) is 11.6 Å². The summed E-state index contributed by atoms with van der Waals surface area (Å²) in [6, 6.07) is 8.16. The highest BCUT2D eigenvalue weighted by Gasteiger charge is 2.13. The van der Waals surface area contributed by atoms with Gasteiger partial charge in [-0.25, -0.2) is 4.98 Å². The number of hydrogen-bond acceptors (Lipinski definition) is 3. The Morgan fingerprint density at radius 1 is 1.33 bits per heavy atom. The minimum Gasteiger partial charge on any atom is -0.305 e. The molecule has 2 heterocycles. The van der Waals surface area contributed by atoms with Crippen molar-refractivity contribution in [2.75, 3.05) is 0 Å². The predicted molar refractivity (Wildman–Crippen MR) is 89.2 cm³/mol. The number of hydrogen-bond donors (Lipinski definition) is 1. The van der Waals surface area contributed by atoms with Gasteiger partial charge in [0.05, 0.1) is 11.4 Å². The Bertz CT molecular complexity index is 775. The molecule has 0 saturated carbocycles. The Morgan fingerprint density at radius 3 is 2.86 bits per heavy atom. The van der Waals surface area contributed by atoms with Crippen LogP contribution in [0.4, 0.5) is 0 Å². The van der Waals surface area contributed by atoms with Crippen LogP contribution >= 0.6 is 22.9 Å². The number of aromatic nitrogens is 2. The maximum atomic E-state index is 6.25. The van der Waals surface area contributed by atoms with Crippen LogP contribution in [0.3, 0.4) is 0 Å². The molecular formula is C16H18ClN3S. The molecule has 0 aliphatic heterocycles. The van der Waals surface area contributed by atoms with Gasteiger partial charge in [0, 0.05) is 28.7 Å². The zero-order valence-corrected chi connectivity index (χ0v) is 13.9. The van der Waals surface area contributed by atoms with E-state index in [1.165, 1.54) is 10.6 Å². The molecule has 1 aromatic carbocycles. The van der Waals surface area contributed by atoms with E-state index < -0.39 is 0 Å². The van der Waals surface area contributed by atoms with Crippen molar-refractivity contribution in [1.82, 2.24) is 14.7 Å². The SMILES string of the molecule is Cc1cn2c(CNC(C)c3ccccc3Cl)c(C)nc2s1. The molecular weight excluding hydrogens is 302 g/mol. The molecule has 21 heavy (non-hydrogen) atoms. The van der Waals surface area contributed by atoms with Crippen LogP contribution in [-0.2, 0) is 6.54 Å². The first-order chi connectivity index (χ1) is 10.1. The molecule has 0 radical (unpaired) electrons. The first kappa shape index (κ1) is 14.6. The molecule has 3 aromatic rings. The maximum Gasteiger partial charge on any atom is 0.194 e. The van der Waals surface area contributed by atoms with E-state index in [-0.39, 0.29) is 6.04 Å². The highest BCUT2D eigenvalue weighted by molar-refractivity contribution is 7.17. The van der Waals surface area contributed by atoms with Crippen LogP contribution in [0.1, 0.15) is 34.8 Å². The number of aryl methyl sites for hydroxylation is 2. The second kappa shape index (κ2) is 5.79. The van der Waals surface area contributed by atoms with Gasteiger partial charge in [-0.1, -0.05) is 29.8 Å². The molecule has 5 heteroatoms. The Balaban J connectivity index is 1.80. The Morgan fingerprint density at radius 2 is 2.10 bits per heavy atom. The van der Waals surface area contributed by atoms with Crippen LogP contribution < -0.4 is 5.32 Å². The lowest BCUT2D eigenvalue weighted by Gasteiger charge is -2.15. The van der Waals surface area contributed by atoms with Gasteiger partial charge < -0.3 is 5.32 Å². The zero-order chi connectivity index (χ0) is 15.0. The van der Waals surface area contributed by atoms with Gasteiger partial charge in [0.2, 0.25) is 0 Å². The van der Waals surface area contributed by atoms with Crippen molar-refractivity contribution < 1.29 is 0 Å². The van der Waals surface area contributed by atoms with Crippen molar-refractivity contribution in [3.05, 3.63) is 57.3 Å². The van der Waals surface area contributed by atoms with Gasteiger partial charge in [-0.15, -0.1) is 11.3 Å². The summed E-state index contributed by atoms with van der Waals surface area (Å²) in [6.45, 7) is 7.08. The molecule has 2 aromatic heterocycles. The van der Waals surface area contributed by atoms with Gasteiger partial charge >= 0.3 is 0 Å². The number of rotatable bonds is 4. The topological polar surface area (TPSA) is 29.3 Å². The van der Waals surface area contributed by atoms with Gasteiger partial charge in [-0.3, -0.25) is 4.40 Å². The summed E-state index contributed by atoms with van der Waals surface area (Å²) in [6.07, 6.45) is 2.15. The molecule has 0 bridgehead atoms. The molecule has 0 aliphatic carbocycles. The number of halogens is 1. The number of nitrogens with one attached hydrogen (secondary N) is 1. The smallest absolute Gasteiger partial charge is 0.194 e. The molecule has 0 fully saturated rings. The monoisotopic (exact) mass is 319 g/mol. The average Bonchev–Trinajstić information content (AvgIpc) is 2.92. The molecule has 110 valence electrons. The van der Waals surface area contributed by atoms with Crippen molar-refractivity contribution in [2.24, 2.45) is 0 Å². The van der Waals surface area contributed by atoms with Gasteiger partial charge in [0.1, 0.15) is 0 Å². The summed E-state index contributed by atoms with van der Waals surface area (Å²) < 4.78 is 2.18. The predicted octanol–water partition coefficient (Wildman–Crippen LogP) is 4.52. The van der Waals surface area contributed by atoms with Crippen LogP contribution in [0, 0.1) is 13.8 Å². The number of nitrogens with zero attached hydrogens (tertiary/aromatic N) is 2. The second-order valence-electron chi connectivity index (χ2n) is 5.26. The van der Waals surface area contributed by atoms with E-state index in [0.29, 0.717) is 0 Å². The molecule has 0 aliphatic rings. The fourth-order valence-corrected chi connectivity index (χ4v) is 3.70. The second-order valence-corrected chi connectivity index (χ2v) is 6.88. The standard InChI is InChI=1S/C16H18ClN3S/c1-10-9-20-15(12(3)19-16(20)21-10)8-18-11(2)13-6-4-5-7-14(13)17/h4-7,9,11,18H,8H2,1-3H3.